The van der Waals surface area contributed by atoms with E-state index >= 15 is 0 Å². The zero-order valence-corrected chi connectivity index (χ0v) is 23.8. The third-order valence-electron chi connectivity index (χ3n) is 10.00. The number of nitrogens with one attached hydrogen (secondary N) is 2. The van der Waals surface area contributed by atoms with Crippen LogP contribution in [-0.4, -0.2) is 61.1 Å². The molecule has 4 heterocycles. The molecule has 216 valence electrons. The predicted molar refractivity (Wildman–Crippen MR) is 152 cm³/mol. The number of anilines is 2. The van der Waals surface area contributed by atoms with Gasteiger partial charge in [-0.1, -0.05) is 39.0 Å². The standard InChI is InChI=1S/C29H42N8O3/c1-17-10-12-19(13-11-17)16-37-23-24(30-18(2)20-6-5-7-20)31-26(27-34-35-29(38)40-27)32-25(23)33-28(37)36-14-15-39-22-9-4-3-8-21(22)36/h17-22H,3-16H2,1-2H3,(H,35,38)(H,30,31,32)/t17?,18-,19?,21?,22?/m1/s1. The van der Waals surface area contributed by atoms with Crippen molar-refractivity contribution >= 4 is 22.9 Å². The summed E-state index contributed by atoms with van der Waals surface area (Å²) in [4.78, 5) is 29.3. The molecular formula is C29H42N8O3. The van der Waals surface area contributed by atoms with Crippen LogP contribution in [0.1, 0.15) is 84.5 Å². The molecule has 0 bridgehead atoms. The number of rotatable bonds is 7. The van der Waals surface area contributed by atoms with E-state index in [1.54, 1.807) is 0 Å². The van der Waals surface area contributed by atoms with E-state index in [-0.39, 0.29) is 23.9 Å². The highest BCUT2D eigenvalue weighted by Gasteiger charge is 2.38. The van der Waals surface area contributed by atoms with Gasteiger partial charge in [0.05, 0.1) is 18.8 Å². The summed E-state index contributed by atoms with van der Waals surface area (Å²) in [6.07, 6.45) is 13.7. The van der Waals surface area contributed by atoms with Crippen molar-refractivity contribution in [1.82, 2.24) is 29.7 Å². The molecule has 0 amide bonds. The molecule has 7 rings (SSSR count). The molecule has 4 fully saturated rings. The third-order valence-corrected chi connectivity index (χ3v) is 10.00. The van der Waals surface area contributed by atoms with E-state index < -0.39 is 5.76 Å². The fraction of sp³-hybridized carbons (Fsp3) is 0.759. The molecule has 0 aromatic carbocycles. The molecule has 2 unspecified atom stereocenters. The zero-order chi connectivity index (χ0) is 27.2. The van der Waals surface area contributed by atoms with Crippen LogP contribution in [0.3, 0.4) is 0 Å². The number of hydrogen-bond acceptors (Lipinski definition) is 9. The summed E-state index contributed by atoms with van der Waals surface area (Å²) in [7, 11) is 0. The predicted octanol–water partition coefficient (Wildman–Crippen LogP) is 4.74. The highest BCUT2D eigenvalue weighted by Crippen LogP contribution is 2.39. The Morgan fingerprint density at radius 1 is 1.02 bits per heavy atom. The number of H-pyrrole nitrogens is 1. The number of morpholine rings is 1. The molecule has 0 radical (unpaired) electrons. The lowest BCUT2D eigenvalue weighted by Crippen LogP contribution is -2.53. The van der Waals surface area contributed by atoms with Crippen LogP contribution in [-0.2, 0) is 11.3 Å². The largest absolute Gasteiger partial charge is 0.434 e. The molecule has 3 atom stereocenters. The Kier molecular flexibility index (Phi) is 7.01. The highest BCUT2D eigenvalue weighted by molar-refractivity contribution is 5.87. The van der Waals surface area contributed by atoms with Crippen LogP contribution in [0, 0.1) is 17.8 Å². The van der Waals surface area contributed by atoms with Crippen molar-refractivity contribution in [1.29, 1.82) is 0 Å². The van der Waals surface area contributed by atoms with Crippen molar-refractivity contribution in [2.75, 3.05) is 23.4 Å². The molecule has 2 N–H and O–H groups in total. The Morgan fingerprint density at radius 3 is 2.60 bits per heavy atom. The number of ether oxygens (including phenoxy) is 1. The van der Waals surface area contributed by atoms with Gasteiger partial charge in [0.25, 0.3) is 5.89 Å². The van der Waals surface area contributed by atoms with Crippen molar-refractivity contribution in [3.05, 3.63) is 10.6 Å². The van der Waals surface area contributed by atoms with Gasteiger partial charge in [-0.15, -0.1) is 5.10 Å². The molecule has 3 saturated carbocycles. The Bertz CT molecular complexity index is 1380. The van der Waals surface area contributed by atoms with Gasteiger partial charge in [-0.3, -0.25) is 0 Å². The van der Waals surface area contributed by atoms with Crippen molar-refractivity contribution in [3.8, 4) is 11.7 Å². The van der Waals surface area contributed by atoms with E-state index in [1.165, 1.54) is 57.8 Å². The maximum Gasteiger partial charge on any atom is 0.434 e. The Labute approximate surface area is 234 Å². The number of imidazole rings is 1. The van der Waals surface area contributed by atoms with Crippen molar-refractivity contribution < 1.29 is 9.15 Å². The third kappa shape index (κ3) is 4.90. The fourth-order valence-electron chi connectivity index (χ4n) is 7.33. The van der Waals surface area contributed by atoms with E-state index in [9.17, 15) is 4.79 Å². The molecule has 3 aromatic heterocycles. The second-order valence-corrected chi connectivity index (χ2v) is 12.7. The van der Waals surface area contributed by atoms with Crippen LogP contribution in [0.4, 0.5) is 11.8 Å². The SMILES string of the molecule is CC1CCC(Cn2c(N3CCOC4CCCCC43)nc3nc(-c4n[nH]c(=O)o4)nc(N[C@H](C)C4CCC4)c32)CC1. The monoisotopic (exact) mass is 550 g/mol. The maximum atomic E-state index is 11.8. The van der Waals surface area contributed by atoms with E-state index in [0.717, 1.165) is 49.1 Å². The quantitative estimate of drug-likeness (QED) is 0.429. The first kappa shape index (κ1) is 26.0. The second kappa shape index (κ2) is 10.8. The summed E-state index contributed by atoms with van der Waals surface area (Å²) in [5, 5.41) is 10.1. The molecule has 1 saturated heterocycles. The Hall–Kier alpha value is -2.95. The summed E-state index contributed by atoms with van der Waals surface area (Å²) in [5.74, 6) is 3.48. The number of hydrogen-bond donors (Lipinski definition) is 2. The van der Waals surface area contributed by atoms with Gasteiger partial charge in [0.2, 0.25) is 11.8 Å². The normalized spacial score (nSPS) is 28.3. The number of nitrogens with zero attached hydrogens (tertiary/aromatic N) is 6. The number of fused-ring (bicyclic) bond motifs is 2. The lowest BCUT2D eigenvalue weighted by Gasteiger charge is -2.44. The first-order chi connectivity index (χ1) is 19.5. The number of aromatic nitrogens is 6. The molecule has 11 heteroatoms. The minimum Gasteiger partial charge on any atom is -0.384 e. The fourth-order valence-corrected chi connectivity index (χ4v) is 7.33. The van der Waals surface area contributed by atoms with Crippen LogP contribution in [0.25, 0.3) is 22.9 Å². The van der Waals surface area contributed by atoms with Gasteiger partial charge in [0.1, 0.15) is 5.52 Å². The van der Waals surface area contributed by atoms with Crippen LogP contribution in [0.15, 0.2) is 9.21 Å². The summed E-state index contributed by atoms with van der Waals surface area (Å²) in [6.45, 7) is 7.05. The molecule has 40 heavy (non-hydrogen) atoms. The minimum absolute atomic E-state index is 0.0855. The lowest BCUT2D eigenvalue weighted by atomic mass is 9.80. The summed E-state index contributed by atoms with van der Waals surface area (Å²) < 4.78 is 13.9. The molecule has 4 aliphatic rings. The molecule has 1 aliphatic heterocycles. The van der Waals surface area contributed by atoms with E-state index in [0.29, 0.717) is 30.1 Å². The Balaban J connectivity index is 1.36. The molecule has 11 nitrogen and oxygen atoms in total. The second-order valence-electron chi connectivity index (χ2n) is 12.7. The molecule has 3 aromatic rings. The minimum atomic E-state index is -0.620. The van der Waals surface area contributed by atoms with Crippen molar-refractivity contribution in [3.63, 3.8) is 0 Å². The topological polar surface area (TPSA) is 127 Å². The van der Waals surface area contributed by atoms with E-state index in [1.807, 2.05) is 0 Å². The van der Waals surface area contributed by atoms with Gasteiger partial charge in [-0.25, -0.2) is 19.9 Å². The molecule has 0 spiro atoms. The molecular weight excluding hydrogens is 508 g/mol. The summed E-state index contributed by atoms with van der Waals surface area (Å²) in [5.41, 5.74) is 1.57. The van der Waals surface area contributed by atoms with E-state index in [4.69, 9.17) is 24.1 Å². The van der Waals surface area contributed by atoms with E-state index in [2.05, 4.69) is 38.8 Å². The van der Waals surface area contributed by atoms with Crippen LogP contribution >= 0.6 is 0 Å². The van der Waals surface area contributed by atoms with Crippen LogP contribution < -0.4 is 16.0 Å². The average molecular weight is 551 g/mol. The highest BCUT2D eigenvalue weighted by atomic mass is 16.5. The zero-order valence-electron chi connectivity index (χ0n) is 23.8. The van der Waals surface area contributed by atoms with Gasteiger partial charge in [-0.2, -0.15) is 4.98 Å². The maximum absolute atomic E-state index is 11.8. The molecule has 3 aliphatic carbocycles. The first-order valence-electron chi connectivity index (χ1n) is 15.5. The van der Waals surface area contributed by atoms with Gasteiger partial charge < -0.3 is 23.9 Å². The Morgan fingerprint density at radius 2 is 1.85 bits per heavy atom. The van der Waals surface area contributed by atoms with Gasteiger partial charge in [0.15, 0.2) is 11.5 Å². The van der Waals surface area contributed by atoms with Crippen LogP contribution in [0.2, 0.25) is 0 Å². The first-order valence-corrected chi connectivity index (χ1v) is 15.5. The van der Waals surface area contributed by atoms with Crippen molar-refractivity contribution in [2.24, 2.45) is 17.8 Å². The average Bonchev–Trinajstić information content (AvgIpc) is 3.52. The lowest BCUT2D eigenvalue weighted by molar-refractivity contribution is -0.00958. The number of aromatic amines is 1. The van der Waals surface area contributed by atoms with Gasteiger partial charge in [0, 0.05) is 19.1 Å². The summed E-state index contributed by atoms with van der Waals surface area (Å²) in [6, 6.07) is 0.589. The van der Waals surface area contributed by atoms with Crippen molar-refractivity contribution in [2.45, 2.75) is 109 Å². The smallest absolute Gasteiger partial charge is 0.384 e. The van der Waals surface area contributed by atoms with Gasteiger partial charge in [-0.05, 0) is 63.2 Å². The van der Waals surface area contributed by atoms with Crippen LogP contribution in [0.5, 0.6) is 0 Å². The summed E-state index contributed by atoms with van der Waals surface area (Å²) >= 11 is 0. The van der Waals surface area contributed by atoms with Gasteiger partial charge >= 0.3 is 5.76 Å².